The predicted molar refractivity (Wildman–Crippen MR) is 106 cm³/mol. The molecule has 2 aromatic heterocycles. The largest absolute Gasteiger partial charge is 0.269 e. The smallest absolute Gasteiger partial charge is 0.196 e. The van der Waals surface area contributed by atoms with E-state index >= 15 is 0 Å². The van der Waals surface area contributed by atoms with Crippen molar-refractivity contribution >= 4 is 34.7 Å². The van der Waals surface area contributed by atoms with Crippen molar-refractivity contribution in [3.8, 4) is 16.4 Å². The molecule has 0 aliphatic heterocycles. The van der Waals surface area contributed by atoms with Gasteiger partial charge in [-0.05, 0) is 41.3 Å². The van der Waals surface area contributed by atoms with Gasteiger partial charge in [-0.2, -0.15) is 0 Å². The summed E-state index contributed by atoms with van der Waals surface area (Å²) < 4.78 is 2.09. The third-order valence-corrected chi connectivity index (χ3v) is 5.79. The summed E-state index contributed by atoms with van der Waals surface area (Å²) >= 11 is 9.39. The third kappa shape index (κ3) is 3.63. The van der Waals surface area contributed by atoms with E-state index in [1.807, 2.05) is 41.8 Å². The Labute approximate surface area is 159 Å². The SMILES string of the molecule is Clc1ccc(-n2c(SCc3ccccc3)nnc2-c2cccs2)cc1. The van der Waals surface area contributed by atoms with Gasteiger partial charge in [-0.25, -0.2) is 0 Å². The van der Waals surface area contributed by atoms with Gasteiger partial charge in [-0.15, -0.1) is 21.5 Å². The van der Waals surface area contributed by atoms with Gasteiger partial charge >= 0.3 is 0 Å². The number of rotatable bonds is 5. The van der Waals surface area contributed by atoms with Crippen LogP contribution in [0.2, 0.25) is 5.02 Å². The molecule has 0 unspecified atom stereocenters. The zero-order valence-electron chi connectivity index (χ0n) is 13.2. The van der Waals surface area contributed by atoms with Crippen LogP contribution in [-0.2, 0) is 5.75 Å². The molecule has 25 heavy (non-hydrogen) atoms. The lowest BCUT2D eigenvalue weighted by Gasteiger charge is -2.09. The second-order valence-electron chi connectivity index (χ2n) is 5.37. The lowest BCUT2D eigenvalue weighted by Crippen LogP contribution is -1.99. The highest BCUT2D eigenvalue weighted by atomic mass is 35.5. The molecule has 4 aromatic rings. The number of nitrogens with zero attached hydrogens (tertiary/aromatic N) is 3. The summed E-state index contributed by atoms with van der Waals surface area (Å²) in [5.41, 5.74) is 2.27. The van der Waals surface area contributed by atoms with Crippen molar-refractivity contribution in [3.63, 3.8) is 0 Å². The van der Waals surface area contributed by atoms with Crippen molar-refractivity contribution in [1.82, 2.24) is 14.8 Å². The molecule has 0 spiro atoms. The van der Waals surface area contributed by atoms with Crippen LogP contribution in [-0.4, -0.2) is 14.8 Å². The molecular formula is C19H14ClN3S2. The highest BCUT2D eigenvalue weighted by Gasteiger charge is 2.16. The Morgan fingerprint density at radius 2 is 1.72 bits per heavy atom. The van der Waals surface area contributed by atoms with E-state index in [-0.39, 0.29) is 0 Å². The van der Waals surface area contributed by atoms with E-state index in [9.17, 15) is 0 Å². The van der Waals surface area contributed by atoms with Gasteiger partial charge in [0, 0.05) is 16.5 Å². The molecule has 0 fully saturated rings. The number of halogens is 1. The topological polar surface area (TPSA) is 30.7 Å². The maximum atomic E-state index is 6.05. The van der Waals surface area contributed by atoms with Gasteiger partial charge in [-0.3, -0.25) is 4.57 Å². The Bertz CT molecular complexity index is 948. The van der Waals surface area contributed by atoms with Crippen LogP contribution in [0.15, 0.2) is 77.3 Å². The molecule has 2 heterocycles. The minimum Gasteiger partial charge on any atom is -0.269 e. The van der Waals surface area contributed by atoms with Crippen molar-refractivity contribution < 1.29 is 0 Å². The van der Waals surface area contributed by atoms with Crippen molar-refractivity contribution in [2.45, 2.75) is 10.9 Å². The van der Waals surface area contributed by atoms with Gasteiger partial charge < -0.3 is 0 Å². The normalized spacial score (nSPS) is 10.9. The van der Waals surface area contributed by atoms with E-state index in [1.165, 1.54) is 5.56 Å². The molecular weight excluding hydrogens is 370 g/mol. The molecule has 0 N–H and O–H groups in total. The number of aromatic nitrogens is 3. The van der Waals surface area contributed by atoms with Gasteiger partial charge in [0.25, 0.3) is 0 Å². The molecule has 0 atom stereocenters. The maximum Gasteiger partial charge on any atom is 0.196 e. The van der Waals surface area contributed by atoms with Gasteiger partial charge in [0.05, 0.1) is 4.88 Å². The number of benzene rings is 2. The minimum atomic E-state index is 0.716. The van der Waals surface area contributed by atoms with Crippen LogP contribution in [0.5, 0.6) is 0 Å². The summed E-state index contributed by atoms with van der Waals surface area (Å²) in [7, 11) is 0. The Morgan fingerprint density at radius 3 is 2.44 bits per heavy atom. The van der Waals surface area contributed by atoms with Crippen LogP contribution in [0.4, 0.5) is 0 Å². The van der Waals surface area contributed by atoms with Gasteiger partial charge in [0.2, 0.25) is 0 Å². The number of thioether (sulfide) groups is 1. The molecule has 0 radical (unpaired) electrons. The summed E-state index contributed by atoms with van der Waals surface area (Å²) in [6, 6.07) is 22.2. The van der Waals surface area contributed by atoms with Crippen LogP contribution in [0, 0.1) is 0 Å². The standard InChI is InChI=1S/C19H14ClN3S2/c20-15-8-10-16(11-9-15)23-18(17-7-4-12-24-17)21-22-19(23)25-13-14-5-2-1-3-6-14/h1-12H,13H2. The highest BCUT2D eigenvalue weighted by Crippen LogP contribution is 2.32. The summed E-state index contributed by atoms with van der Waals surface area (Å²) in [6.45, 7) is 0. The first-order valence-corrected chi connectivity index (χ1v) is 9.97. The molecule has 0 saturated heterocycles. The second-order valence-corrected chi connectivity index (χ2v) is 7.70. The first kappa shape index (κ1) is 16.4. The molecule has 0 saturated carbocycles. The van der Waals surface area contributed by atoms with Crippen LogP contribution in [0.3, 0.4) is 0 Å². The average Bonchev–Trinajstić information content (AvgIpc) is 3.31. The van der Waals surface area contributed by atoms with E-state index in [4.69, 9.17) is 11.6 Å². The van der Waals surface area contributed by atoms with Gasteiger partial charge in [0.15, 0.2) is 11.0 Å². The molecule has 0 aliphatic rings. The summed E-state index contributed by atoms with van der Waals surface area (Å²) in [5.74, 6) is 1.70. The Balaban J connectivity index is 1.72. The Hall–Kier alpha value is -2.08. The third-order valence-electron chi connectivity index (χ3n) is 3.67. The molecule has 0 aliphatic carbocycles. The van der Waals surface area contributed by atoms with Crippen molar-refractivity contribution in [2.24, 2.45) is 0 Å². The van der Waals surface area contributed by atoms with Crippen LogP contribution < -0.4 is 0 Å². The number of hydrogen-bond donors (Lipinski definition) is 0. The zero-order chi connectivity index (χ0) is 17.1. The number of hydrogen-bond acceptors (Lipinski definition) is 4. The average molecular weight is 384 g/mol. The quantitative estimate of drug-likeness (QED) is 0.399. The van der Waals surface area contributed by atoms with E-state index in [2.05, 4.69) is 45.1 Å². The van der Waals surface area contributed by atoms with E-state index in [0.29, 0.717) is 5.02 Å². The molecule has 124 valence electrons. The molecule has 2 aromatic carbocycles. The van der Waals surface area contributed by atoms with E-state index in [1.54, 1.807) is 23.1 Å². The fraction of sp³-hybridized carbons (Fsp3) is 0.0526. The Kier molecular flexibility index (Phi) is 4.88. The molecule has 0 amide bonds. The fourth-order valence-electron chi connectivity index (χ4n) is 2.47. The van der Waals surface area contributed by atoms with Crippen molar-refractivity contribution in [2.75, 3.05) is 0 Å². The zero-order valence-corrected chi connectivity index (χ0v) is 15.6. The van der Waals surface area contributed by atoms with Crippen LogP contribution >= 0.6 is 34.7 Å². The maximum absolute atomic E-state index is 6.05. The summed E-state index contributed by atoms with van der Waals surface area (Å²) in [4.78, 5) is 1.09. The summed E-state index contributed by atoms with van der Waals surface area (Å²) in [5, 5.41) is 12.5. The van der Waals surface area contributed by atoms with Crippen molar-refractivity contribution in [1.29, 1.82) is 0 Å². The highest BCUT2D eigenvalue weighted by molar-refractivity contribution is 7.98. The molecule has 4 rings (SSSR count). The Morgan fingerprint density at radius 1 is 0.920 bits per heavy atom. The molecule has 3 nitrogen and oxygen atoms in total. The fourth-order valence-corrected chi connectivity index (χ4v) is 4.21. The minimum absolute atomic E-state index is 0.716. The van der Waals surface area contributed by atoms with Gasteiger partial charge in [0.1, 0.15) is 0 Å². The monoisotopic (exact) mass is 383 g/mol. The van der Waals surface area contributed by atoms with E-state index in [0.717, 1.165) is 27.3 Å². The van der Waals surface area contributed by atoms with Crippen molar-refractivity contribution in [3.05, 3.63) is 82.7 Å². The first-order chi connectivity index (χ1) is 12.3. The lowest BCUT2D eigenvalue weighted by molar-refractivity contribution is 0.886. The van der Waals surface area contributed by atoms with Crippen LogP contribution in [0.25, 0.3) is 16.4 Å². The lowest BCUT2D eigenvalue weighted by atomic mass is 10.2. The first-order valence-electron chi connectivity index (χ1n) is 7.73. The molecule has 0 bridgehead atoms. The van der Waals surface area contributed by atoms with Crippen LogP contribution in [0.1, 0.15) is 5.56 Å². The van der Waals surface area contributed by atoms with E-state index < -0.39 is 0 Å². The van der Waals surface area contributed by atoms with Gasteiger partial charge in [-0.1, -0.05) is 59.8 Å². The summed E-state index contributed by atoms with van der Waals surface area (Å²) in [6.07, 6.45) is 0. The number of thiophene rings is 1. The second kappa shape index (κ2) is 7.44. The molecule has 6 heteroatoms. The predicted octanol–water partition coefficient (Wildman–Crippen LogP) is 5.94.